The maximum Gasteiger partial charge on any atom is 0.143 e. The number of para-hydroxylation sites is 1. The molecule has 7 rings (SSSR count). The van der Waals surface area contributed by atoms with Gasteiger partial charge in [-0.1, -0.05) is 91.0 Å². The normalized spacial score (nSPS) is 11.9. The van der Waals surface area contributed by atoms with E-state index in [-0.39, 0.29) is 0 Å². The van der Waals surface area contributed by atoms with Crippen LogP contribution < -0.4 is 0 Å². The first-order chi connectivity index (χ1) is 15.8. The van der Waals surface area contributed by atoms with E-state index in [2.05, 4.69) is 104 Å². The molecule has 32 heavy (non-hydrogen) atoms. The van der Waals surface area contributed by atoms with Crippen LogP contribution in [0.25, 0.3) is 65.4 Å². The molecule has 0 saturated heterocycles. The minimum absolute atomic E-state index is 0.940. The number of furan rings is 1. The third-order valence-electron chi connectivity index (χ3n) is 6.79. The standard InChI is InChI=1S/C31H20O/c1-19-14-16-21(31-30(19)27-12-6-7-13-29(27)32-31)20-15-17-26-24-10-3-2-8-22(24)23-9-4-5-11-25(23)28(26)18-20/h2-18H,1H3. The molecule has 0 amide bonds. The lowest BCUT2D eigenvalue weighted by Crippen LogP contribution is -1.86. The summed E-state index contributed by atoms with van der Waals surface area (Å²) >= 11 is 0. The molecule has 0 aliphatic carbocycles. The lowest BCUT2D eigenvalue weighted by Gasteiger charge is -2.12. The summed E-state index contributed by atoms with van der Waals surface area (Å²) in [5.41, 5.74) is 5.47. The number of hydrogen-bond donors (Lipinski definition) is 0. The molecule has 0 radical (unpaired) electrons. The Labute approximate surface area is 185 Å². The van der Waals surface area contributed by atoms with Gasteiger partial charge in [0.25, 0.3) is 0 Å². The van der Waals surface area contributed by atoms with Crippen LogP contribution >= 0.6 is 0 Å². The third-order valence-corrected chi connectivity index (χ3v) is 6.79. The molecule has 1 heterocycles. The Kier molecular flexibility index (Phi) is 3.54. The molecule has 0 saturated carbocycles. The Morgan fingerprint density at radius 3 is 1.75 bits per heavy atom. The molecule has 0 N–H and O–H groups in total. The van der Waals surface area contributed by atoms with Crippen molar-refractivity contribution in [3.8, 4) is 11.1 Å². The van der Waals surface area contributed by atoms with Gasteiger partial charge in [-0.2, -0.15) is 0 Å². The van der Waals surface area contributed by atoms with Crippen LogP contribution in [0.2, 0.25) is 0 Å². The summed E-state index contributed by atoms with van der Waals surface area (Å²) in [6.45, 7) is 2.16. The summed E-state index contributed by atoms with van der Waals surface area (Å²) in [5, 5.41) is 10.1. The molecule has 0 spiro atoms. The predicted molar refractivity (Wildman–Crippen MR) is 136 cm³/mol. The Bertz CT molecular complexity index is 1800. The van der Waals surface area contributed by atoms with E-state index in [9.17, 15) is 0 Å². The van der Waals surface area contributed by atoms with E-state index in [0.29, 0.717) is 0 Å². The van der Waals surface area contributed by atoms with Gasteiger partial charge in [-0.25, -0.2) is 0 Å². The van der Waals surface area contributed by atoms with Crippen LogP contribution in [-0.4, -0.2) is 0 Å². The van der Waals surface area contributed by atoms with E-state index in [1.165, 1.54) is 54.2 Å². The highest BCUT2D eigenvalue weighted by Crippen LogP contribution is 2.41. The molecule has 0 aliphatic rings. The van der Waals surface area contributed by atoms with E-state index in [0.717, 1.165) is 16.7 Å². The van der Waals surface area contributed by atoms with E-state index >= 15 is 0 Å². The molecular weight excluding hydrogens is 388 g/mol. The number of rotatable bonds is 1. The highest BCUT2D eigenvalue weighted by molar-refractivity contribution is 6.26. The zero-order valence-corrected chi connectivity index (χ0v) is 17.7. The molecule has 6 aromatic carbocycles. The summed E-state index contributed by atoms with van der Waals surface area (Å²) in [6, 6.07) is 37.0. The molecule has 1 nitrogen and oxygen atoms in total. The van der Waals surface area contributed by atoms with Gasteiger partial charge in [0.1, 0.15) is 11.2 Å². The van der Waals surface area contributed by atoms with Gasteiger partial charge in [0.2, 0.25) is 0 Å². The van der Waals surface area contributed by atoms with E-state index in [1.807, 2.05) is 6.07 Å². The predicted octanol–water partition coefficient (Wildman–Crippen LogP) is 9.02. The highest BCUT2D eigenvalue weighted by atomic mass is 16.3. The van der Waals surface area contributed by atoms with Gasteiger partial charge >= 0.3 is 0 Å². The van der Waals surface area contributed by atoms with Gasteiger partial charge in [-0.3, -0.25) is 0 Å². The fourth-order valence-electron chi connectivity index (χ4n) is 5.30. The van der Waals surface area contributed by atoms with Crippen molar-refractivity contribution < 1.29 is 4.42 Å². The molecule has 0 unspecified atom stereocenters. The van der Waals surface area contributed by atoms with Gasteiger partial charge < -0.3 is 4.42 Å². The Morgan fingerprint density at radius 2 is 1.06 bits per heavy atom. The summed E-state index contributed by atoms with van der Waals surface area (Å²) in [4.78, 5) is 0. The smallest absolute Gasteiger partial charge is 0.143 e. The van der Waals surface area contributed by atoms with Crippen molar-refractivity contribution in [2.24, 2.45) is 0 Å². The minimum atomic E-state index is 0.940. The first-order valence-corrected chi connectivity index (χ1v) is 11.0. The summed E-state index contributed by atoms with van der Waals surface area (Å²) < 4.78 is 6.39. The first-order valence-electron chi connectivity index (χ1n) is 11.0. The van der Waals surface area contributed by atoms with Crippen LogP contribution in [0.4, 0.5) is 0 Å². The molecule has 0 aliphatic heterocycles. The van der Waals surface area contributed by atoms with E-state index in [4.69, 9.17) is 4.42 Å². The van der Waals surface area contributed by atoms with Crippen molar-refractivity contribution in [2.45, 2.75) is 6.92 Å². The molecule has 0 fully saturated rings. The third kappa shape index (κ3) is 2.34. The van der Waals surface area contributed by atoms with Crippen LogP contribution in [0.1, 0.15) is 5.56 Å². The van der Waals surface area contributed by atoms with Crippen LogP contribution in [0.3, 0.4) is 0 Å². The molecule has 7 aromatic rings. The van der Waals surface area contributed by atoms with Crippen LogP contribution in [0, 0.1) is 6.92 Å². The van der Waals surface area contributed by atoms with Crippen LogP contribution in [0.15, 0.2) is 108 Å². The number of fused-ring (bicyclic) bond motifs is 9. The Balaban J connectivity index is 1.61. The SMILES string of the molecule is Cc1ccc(-c2ccc3c4ccccc4c4ccccc4c3c2)c2oc3ccccc3c12. The number of aryl methyl sites for hydroxylation is 1. The van der Waals surface area contributed by atoms with Gasteiger partial charge in [-0.05, 0) is 62.5 Å². The lowest BCUT2D eigenvalue weighted by atomic mass is 9.91. The highest BCUT2D eigenvalue weighted by Gasteiger charge is 2.15. The zero-order valence-electron chi connectivity index (χ0n) is 17.7. The van der Waals surface area contributed by atoms with Gasteiger partial charge in [0.05, 0.1) is 0 Å². The fraction of sp³-hybridized carbons (Fsp3) is 0.0323. The average molecular weight is 409 g/mol. The monoisotopic (exact) mass is 408 g/mol. The first kappa shape index (κ1) is 17.6. The van der Waals surface area contributed by atoms with Crippen LogP contribution in [0.5, 0.6) is 0 Å². The molecule has 1 aromatic heterocycles. The largest absolute Gasteiger partial charge is 0.455 e. The molecule has 0 atom stereocenters. The molecule has 0 bridgehead atoms. The van der Waals surface area contributed by atoms with Crippen molar-refractivity contribution in [1.29, 1.82) is 0 Å². The Morgan fingerprint density at radius 1 is 0.500 bits per heavy atom. The fourth-order valence-corrected chi connectivity index (χ4v) is 5.30. The second-order valence-electron chi connectivity index (χ2n) is 8.58. The zero-order chi connectivity index (χ0) is 21.2. The van der Waals surface area contributed by atoms with Crippen molar-refractivity contribution in [3.63, 3.8) is 0 Å². The summed E-state index contributed by atoms with van der Waals surface area (Å²) in [5.74, 6) is 0. The number of hydrogen-bond acceptors (Lipinski definition) is 1. The van der Waals surface area contributed by atoms with Gasteiger partial charge in [0, 0.05) is 16.3 Å². The second-order valence-corrected chi connectivity index (χ2v) is 8.58. The van der Waals surface area contributed by atoms with Crippen molar-refractivity contribution in [2.75, 3.05) is 0 Å². The maximum absolute atomic E-state index is 6.39. The van der Waals surface area contributed by atoms with Gasteiger partial charge in [0.15, 0.2) is 0 Å². The lowest BCUT2D eigenvalue weighted by molar-refractivity contribution is 0.670. The summed E-state index contributed by atoms with van der Waals surface area (Å²) in [6.07, 6.45) is 0. The average Bonchev–Trinajstić information content (AvgIpc) is 3.25. The van der Waals surface area contributed by atoms with E-state index < -0.39 is 0 Å². The quantitative estimate of drug-likeness (QED) is 0.247. The Hall–Kier alpha value is -4.10. The molecule has 150 valence electrons. The van der Waals surface area contributed by atoms with Gasteiger partial charge in [-0.15, -0.1) is 0 Å². The summed E-state index contributed by atoms with van der Waals surface area (Å²) in [7, 11) is 0. The van der Waals surface area contributed by atoms with Crippen molar-refractivity contribution >= 4 is 54.3 Å². The topological polar surface area (TPSA) is 13.1 Å². The van der Waals surface area contributed by atoms with Crippen molar-refractivity contribution in [3.05, 3.63) is 109 Å². The number of benzene rings is 6. The van der Waals surface area contributed by atoms with Crippen LogP contribution in [-0.2, 0) is 0 Å². The minimum Gasteiger partial charge on any atom is -0.455 e. The second kappa shape index (κ2) is 6.45. The van der Waals surface area contributed by atoms with Crippen molar-refractivity contribution in [1.82, 2.24) is 0 Å². The maximum atomic E-state index is 6.39. The molecule has 1 heteroatoms. The molecular formula is C31H20O. The van der Waals surface area contributed by atoms with E-state index in [1.54, 1.807) is 0 Å².